The van der Waals surface area contributed by atoms with E-state index in [4.69, 9.17) is 11.6 Å². The van der Waals surface area contributed by atoms with E-state index in [0.29, 0.717) is 23.8 Å². The summed E-state index contributed by atoms with van der Waals surface area (Å²) in [4.78, 5) is 25.1. The van der Waals surface area contributed by atoms with Gasteiger partial charge >= 0.3 is 0 Å². The molecule has 7 nitrogen and oxygen atoms in total. The summed E-state index contributed by atoms with van der Waals surface area (Å²) in [6.45, 7) is 2.34. The Balaban J connectivity index is 2.00. The fourth-order valence-electron chi connectivity index (χ4n) is 2.62. The highest BCUT2D eigenvalue weighted by Gasteiger charge is 2.30. The van der Waals surface area contributed by atoms with Gasteiger partial charge in [-0.15, -0.1) is 0 Å². The second kappa shape index (κ2) is 6.24. The van der Waals surface area contributed by atoms with Crippen molar-refractivity contribution in [3.05, 3.63) is 50.8 Å². The lowest BCUT2D eigenvalue weighted by molar-refractivity contribution is -0.384. The zero-order valence-corrected chi connectivity index (χ0v) is 14.2. The summed E-state index contributed by atoms with van der Waals surface area (Å²) in [5.41, 5.74) is 1.46. The molecule has 1 aromatic carbocycles. The molecule has 1 aromatic heterocycles. The molecular formula is C16H17ClN4O3. The summed E-state index contributed by atoms with van der Waals surface area (Å²) in [5, 5.41) is 15.4. The average Bonchev–Trinajstić information content (AvgIpc) is 3.28. The van der Waals surface area contributed by atoms with Crippen LogP contribution >= 0.6 is 11.6 Å². The van der Waals surface area contributed by atoms with Crippen LogP contribution in [0.25, 0.3) is 0 Å². The Morgan fingerprint density at radius 2 is 2.17 bits per heavy atom. The lowest BCUT2D eigenvalue weighted by atomic mass is 10.2. The van der Waals surface area contributed by atoms with Crippen molar-refractivity contribution in [1.29, 1.82) is 0 Å². The average molecular weight is 349 g/mol. The molecule has 1 fully saturated rings. The Bertz CT molecular complexity index is 814. The molecule has 0 saturated heterocycles. The first-order chi connectivity index (χ1) is 11.4. The minimum absolute atomic E-state index is 0.0546. The lowest BCUT2D eigenvalue weighted by Crippen LogP contribution is -2.34. The summed E-state index contributed by atoms with van der Waals surface area (Å²) in [7, 11) is 1.71. The van der Waals surface area contributed by atoms with Gasteiger partial charge in [-0.25, -0.2) is 0 Å². The van der Waals surface area contributed by atoms with Crippen LogP contribution < -0.4 is 4.90 Å². The Kier molecular flexibility index (Phi) is 4.28. The third kappa shape index (κ3) is 3.26. The molecule has 1 aliphatic carbocycles. The van der Waals surface area contributed by atoms with Gasteiger partial charge in [-0.3, -0.25) is 19.6 Å². The molecule has 0 bridgehead atoms. The van der Waals surface area contributed by atoms with E-state index in [1.165, 1.54) is 16.8 Å². The molecule has 126 valence electrons. The van der Waals surface area contributed by atoms with Gasteiger partial charge in [0.2, 0.25) is 0 Å². The number of aryl methyl sites for hydroxylation is 2. The van der Waals surface area contributed by atoms with Crippen LogP contribution in [0.4, 0.5) is 11.4 Å². The quantitative estimate of drug-likeness (QED) is 0.613. The van der Waals surface area contributed by atoms with E-state index < -0.39 is 4.92 Å². The number of amides is 1. The largest absolute Gasteiger partial charge is 0.307 e. The van der Waals surface area contributed by atoms with Gasteiger partial charge in [0.05, 0.1) is 16.3 Å². The minimum Gasteiger partial charge on any atom is -0.307 e. The van der Waals surface area contributed by atoms with Gasteiger partial charge in [0.1, 0.15) is 10.7 Å². The van der Waals surface area contributed by atoms with Crippen molar-refractivity contribution in [2.75, 3.05) is 11.4 Å². The monoisotopic (exact) mass is 348 g/mol. The van der Waals surface area contributed by atoms with Crippen LogP contribution in [0.2, 0.25) is 5.02 Å². The van der Waals surface area contributed by atoms with Crippen molar-refractivity contribution in [3.63, 3.8) is 0 Å². The van der Waals surface area contributed by atoms with Gasteiger partial charge in [-0.05, 0) is 43.9 Å². The number of aromatic nitrogens is 2. The number of benzene rings is 1. The zero-order chi connectivity index (χ0) is 17.4. The number of halogens is 1. The number of anilines is 1. The number of nitrogens with zero attached hydrogens (tertiary/aromatic N) is 4. The maximum Gasteiger partial charge on any atom is 0.289 e. The van der Waals surface area contributed by atoms with Crippen molar-refractivity contribution in [1.82, 2.24) is 9.78 Å². The molecule has 0 aliphatic heterocycles. The number of carbonyl (C=O) groups is 1. The summed E-state index contributed by atoms with van der Waals surface area (Å²) in [5.74, 6) is 0.208. The number of nitro groups is 1. The molecule has 0 unspecified atom stereocenters. The van der Waals surface area contributed by atoms with E-state index in [2.05, 4.69) is 5.10 Å². The molecule has 1 amide bonds. The van der Waals surface area contributed by atoms with Gasteiger partial charge in [-0.1, -0.05) is 11.6 Å². The Labute approximate surface area is 144 Å². The normalized spacial score (nSPS) is 13.8. The van der Waals surface area contributed by atoms with Crippen molar-refractivity contribution in [3.8, 4) is 0 Å². The molecule has 0 radical (unpaired) electrons. The van der Waals surface area contributed by atoms with E-state index >= 15 is 0 Å². The molecule has 1 heterocycles. The van der Waals surface area contributed by atoms with Crippen LogP contribution in [0.15, 0.2) is 24.3 Å². The first kappa shape index (κ1) is 16.4. The smallest absolute Gasteiger partial charge is 0.289 e. The third-order valence-electron chi connectivity index (χ3n) is 4.04. The lowest BCUT2D eigenvalue weighted by Gasteiger charge is -2.22. The minimum atomic E-state index is -0.542. The molecule has 1 aliphatic rings. The highest BCUT2D eigenvalue weighted by Crippen LogP contribution is 2.35. The first-order valence-electron chi connectivity index (χ1n) is 7.63. The molecule has 0 spiro atoms. The Morgan fingerprint density at radius 3 is 2.71 bits per heavy atom. The Morgan fingerprint density at radius 1 is 1.46 bits per heavy atom. The molecule has 0 N–H and O–H groups in total. The molecule has 8 heteroatoms. The molecule has 0 atom stereocenters. The topological polar surface area (TPSA) is 81.3 Å². The van der Waals surface area contributed by atoms with Gasteiger partial charge in [0, 0.05) is 19.7 Å². The SMILES string of the molecule is Cc1cc(C(=O)N(CC2CC2)c2ccc(Cl)c([N+](=O)[O-])c2)n(C)n1. The van der Waals surface area contributed by atoms with Gasteiger partial charge in [0.25, 0.3) is 11.6 Å². The van der Waals surface area contributed by atoms with E-state index in [9.17, 15) is 14.9 Å². The fourth-order valence-corrected chi connectivity index (χ4v) is 2.81. The Hall–Kier alpha value is -2.41. The second-order valence-corrected chi connectivity index (χ2v) is 6.45. The number of rotatable bonds is 5. The van der Waals surface area contributed by atoms with E-state index in [1.807, 2.05) is 6.92 Å². The maximum absolute atomic E-state index is 13.0. The molecule has 24 heavy (non-hydrogen) atoms. The number of carbonyl (C=O) groups excluding carboxylic acids is 1. The van der Waals surface area contributed by atoms with Crippen LogP contribution in [0.3, 0.4) is 0 Å². The summed E-state index contributed by atoms with van der Waals surface area (Å²) in [6, 6.07) is 6.16. The van der Waals surface area contributed by atoms with Crippen molar-refractivity contribution >= 4 is 28.9 Å². The van der Waals surface area contributed by atoms with E-state index in [-0.39, 0.29) is 16.6 Å². The molecular weight excluding hydrogens is 332 g/mol. The predicted octanol–water partition coefficient (Wildman–Crippen LogP) is 3.35. The van der Waals surface area contributed by atoms with Crippen LogP contribution in [0, 0.1) is 23.0 Å². The predicted molar refractivity (Wildman–Crippen MR) is 90.5 cm³/mol. The van der Waals surface area contributed by atoms with E-state index in [1.54, 1.807) is 24.1 Å². The van der Waals surface area contributed by atoms with Crippen LogP contribution in [-0.4, -0.2) is 27.2 Å². The highest BCUT2D eigenvalue weighted by molar-refractivity contribution is 6.32. The molecule has 2 aromatic rings. The summed E-state index contributed by atoms with van der Waals surface area (Å²) >= 11 is 5.88. The molecule has 3 rings (SSSR count). The molecule has 1 saturated carbocycles. The second-order valence-electron chi connectivity index (χ2n) is 6.05. The highest BCUT2D eigenvalue weighted by atomic mass is 35.5. The standard InChI is InChI=1S/C16H17ClN4O3/c1-10-7-15(19(2)18-10)16(22)20(9-11-3-4-11)12-5-6-13(17)14(8-12)21(23)24/h5-8,11H,3-4,9H2,1-2H3. The zero-order valence-electron chi connectivity index (χ0n) is 13.4. The van der Waals surface area contributed by atoms with Crippen molar-refractivity contribution in [2.24, 2.45) is 13.0 Å². The van der Waals surface area contributed by atoms with Crippen LogP contribution in [0.1, 0.15) is 29.0 Å². The van der Waals surface area contributed by atoms with Crippen molar-refractivity contribution in [2.45, 2.75) is 19.8 Å². The number of nitro benzene ring substituents is 1. The third-order valence-corrected chi connectivity index (χ3v) is 4.36. The van der Waals surface area contributed by atoms with Gasteiger partial charge in [-0.2, -0.15) is 5.10 Å². The maximum atomic E-state index is 13.0. The first-order valence-corrected chi connectivity index (χ1v) is 8.01. The number of hydrogen-bond acceptors (Lipinski definition) is 4. The fraction of sp³-hybridized carbons (Fsp3) is 0.375. The summed E-state index contributed by atoms with van der Waals surface area (Å²) < 4.78 is 1.53. The van der Waals surface area contributed by atoms with Crippen molar-refractivity contribution < 1.29 is 9.72 Å². The van der Waals surface area contributed by atoms with Crippen LogP contribution in [-0.2, 0) is 7.05 Å². The van der Waals surface area contributed by atoms with Gasteiger partial charge < -0.3 is 4.90 Å². The number of hydrogen-bond donors (Lipinski definition) is 0. The van der Waals surface area contributed by atoms with Gasteiger partial charge in [0.15, 0.2) is 0 Å². The van der Waals surface area contributed by atoms with E-state index in [0.717, 1.165) is 18.5 Å². The summed E-state index contributed by atoms with van der Waals surface area (Å²) in [6.07, 6.45) is 2.12. The van der Waals surface area contributed by atoms with Crippen LogP contribution in [0.5, 0.6) is 0 Å².